The van der Waals surface area contributed by atoms with Crippen LogP contribution in [0.1, 0.15) is 39.6 Å². The molecule has 1 aliphatic carbocycles. The molecule has 1 aliphatic rings. The number of benzene rings is 1. The van der Waals surface area contributed by atoms with Gasteiger partial charge in [-0.15, -0.1) is 0 Å². The summed E-state index contributed by atoms with van der Waals surface area (Å²) in [5.74, 6) is -0.459. The van der Waals surface area contributed by atoms with Gasteiger partial charge in [-0.05, 0) is 42.5 Å². The van der Waals surface area contributed by atoms with Crippen LogP contribution in [0.25, 0.3) is 0 Å². The van der Waals surface area contributed by atoms with Crippen LogP contribution < -0.4 is 5.48 Å². The Morgan fingerprint density at radius 2 is 2.33 bits per heavy atom. The van der Waals surface area contributed by atoms with Crippen molar-refractivity contribution in [3.63, 3.8) is 0 Å². The third-order valence-electron chi connectivity index (χ3n) is 2.79. The van der Waals surface area contributed by atoms with Crippen LogP contribution in [-0.4, -0.2) is 11.1 Å². The minimum atomic E-state index is -0.459. The molecular weight excluding hydrogens is 210 g/mol. The highest BCUT2D eigenvalue weighted by atomic mass is 32.1. The Hall–Kier alpha value is -1.00. The average molecular weight is 223 g/mol. The van der Waals surface area contributed by atoms with Crippen LogP contribution in [0.4, 0.5) is 0 Å². The lowest BCUT2D eigenvalue weighted by molar-refractivity contribution is 0.0706. The van der Waals surface area contributed by atoms with E-state index < -0.39 is 5.91 Å². The van der Waals surface area contributed by atoms with Crippen molar-refractivity contribution in [2.75, 3.05) is 0 Å². The van der Waals surface area contributed by atoms with Crippen molar-refractivity contribution in [3.05, 3.63) is 34.9 Å². The van der Waals surface area contributed by atoms with E-state index in [1.54, 1.807) is 11.5 Å². The number of rotatable bonds is 1. The van der Waals surface area contributed by atoms with E-state index in [0.717, 1.165) is 19.3 Å². The van der Waals surface area contributed by atoms with Gasteiger partial charge in [-0.1, -0.05) is 6.07 Å². The predicted molar refractivity (Wildman–Crippen MR) is 60.4 cm³/mol. The zero-order chi connectivity index (χ0) is 10.8. The second-order valence-electron chi connectivity index (χ2n) is 3.76. The molecule has 0 aromatic heterocycles. The van der Waals surface area contributed by atoms with Gasteiger partial charge in [-0.3, -0.25) is 10.0 Å². The van der Waals surface area contributed by atoms with Gasteiger partial charge in [-0.2, -0.15) is 12.6 Å². The van der Waals surface area contributed by atoms with Gasteiger partial charge in [0.05, 0.1) is 0 Å². The van der Waals surface area contributed by atoms with Crippen molar-refractivity contribution in [1.82, 2.24) is 5.48 Å². The molecule has 3 nitrogen and oxygen atoms in total. The Kier molecular flexibility index (Phi) is 2.98. The van der Waals surface area contributed by atoms with Gasteiger partial charge in [0.25, 0.3) is 5.91 Å². The minimum absolute atomic E-state index is 0.278. The standard InChI is InChI=1S/C11H13NO2S/c13-11(12-14)8-4-5-9-7(6-8)2-1-3-10(9)15/h4-6,10,14-15H,1-3H2,(H,12,13). The fourth-order valence-electron chi connectivity index (χ4n) is 1.99. The lowest BCUT2D eigenvalue weighted by Gasteiger charge is -2.21. The van der Waals surface area contributed by atoms with Crippen LogP contribution in [0.5, 0.6) is 0 Å². The van der Waals surface area contributed by atoms with Gasteiger partial charge >= 0.3 is 0 Å². The van der Waals surface area contributed by atoms with Crippen LogP contribution in [0.2, 0.25) is 0 Å². The molecule has 1 atom stereocenters. The van der Waals surface area contributed by atoms with Gasteiger partial charge in [0.15, 0.2) is 0 Å². The van der Waals surface area contributed by atoms with E-state index in [9.17, 15) is 4.79 Å². The number of carbonyl (C=O) groups is 1. The Morgan fingerprint density at radius 1 is 1.53 bits per heavy atom. The lowest BCUT2D eigenvalue weighted by Crippen LogP contribution is -2.19. The number of nitrogens with one attached hydrogen (secondary N) is 1. The molecular formula is C11H13NO2S. The van der Waals surface area contributed by atoms with E-state index in [1.165, 1.54) is 11.1 Å². The number of amides is 1. The lowest BCUT2D eigenvalue weighted by atomic mass is 9.90. The summed E-state index contributed by atoms with van der Waals surface area (Å²) < 4.78 is 0. The van der Waals surface area contributed by atoms with Crippen LogP contribution in [0, 0.1) is 0 Å². The Labute approximate surface area is 93.9 Å². The summed E-state index contributed by atoms with van der Waals surface area (Å²) >= 11 is 4.50. The van der Waals surface area contributed by atoms with Crippen molar-refractivity contribution in [3.8, 4) is 0 Å². The van der Waals surface area contributed by atoms with Gasteiger partial charge in [0.1, 0.15) is 0 Å². The van der Waals surface area contributed by atoms with Crippen molar-refractivity contribution >= 4 is 18.5 Å². The van der Waals surface area contributed by atoms with E-state index in [-0.39, 0.29) is 5.25 Å². The maximum Gasteiger partial charge on any atom is 0.274 e. The zero-order valence-corrected chi connectivity index (χ0v) is 9.13. The predicted octanol–water partition coefficient (Wildman–Crippen LogP) is 2.11. The Morgan fingerprint density at radius 3 is 3.07 bits per heavy atom. The van der Waals surface area contributed by atoms with Crippen molar-refractivity contribution in [1.29, 1.82) is 0 Å². The molecule has 0 heterocycles. The SMILES string of the molecule is O=C(NO)c1ccc2c(c1)CCCC2S. The number of aryl methyl sites for hydroxylation is 1. The monoisotopic (exact) mass is 223 g/mol. The molecule has 0 saturated heterocycles. The second kappa shape index (κ2) is 4.24. The van der Waals surface area contributed by atoms with E-state index in [0.29, 0.717) is 5.56 Å². The molecule has 1 aromatic rings. The molecule has 4 heteroatoms. The van der Waals surface area contributed by atoms with E-state index >= 15 is 0 Å². The highest BCUT2D eigenvalue weighted by Crippen LogP contribution is 2.34. The molecule has 0 radical (unpaired) electrons. The maximum atomic E-state index is 11.2. The molecule has 0 bridgehead atoms. The largest absolute Gasteiger partial charge is 0.288 e. The van der Waals surface area contributed by atoms with Gasteiger partial charge < -0.3 is 0 Å². The normalized spacial score (nSPS) is 19.5. The van der Waals surface area contributed by atoms with Crippen LogP contribution >= 0.6 is 12.6 Å². The molecule has 0 spiro atoms. The molecule has 2 rings (SSSR count). The number of fused-ring (bicyclic) bond motifs is 1. The second-order valence-corrected chi connectivity index (χ2v) is 4.39. The molecule has 0 fully saturated rings. The molecule has 2 N–H and O–H groups in total. The molecule has 1 aromatic carbocycles. The first-order chi connectivity index (χ1) is 7.22. The van der Waals surface area contributed by atoms with E-state index in [4.69, 9.17) is 5.21 Å². The van der Waals surface area contributed by atoms with Gasteiger partial charge in [0.2, 0.25) is 0 Å². The first kappa shape index (κ1) is 10.5. The molecule has 0 saturated carbocycles. The molecule has 15 heavy (non-hydrogen) atoms. The first-order valence-electron chi connectivity index (χ1n) is 4.97. The van der Waals surface area contributed by atoms with E-state index in [2.05, 4.69) is 12.6 Å². The maximum absolute atomic E-state index is 11.2. The molecule has 1 amide bonds. The summed E-state index contributed by atoms with van der Waals surface area (Å²) in [7, 11) is 0. The van der Waals surface area contributed by atoms with Crippen molar-refractivity contribution in [2.24, 2.45) is 0 Å². The quantitative estimate of drug-likeness (QED) is 0.388. The summed E-state index contributed by atoms with van der Waals surface area (Å²) in [6.07, 6.45) is 3.17. The fraction of sp³-hybridized carbons (Fsp3) is 0.364. The van der Waals surface area contributed by atoms with Gasteiger partial charge in [-0.25, -0.2) is 5.48 Å². The smallest absolute Gasteiger partial charge is 0.274 e. The molecule has 80 valence electrons. The third-order valence-corrected chi connectivity index (χ3v) is 3.33. The fourth-order valence-corrected chi connectivity index (χ4v) is 2.43. The number of hydrogen-bond donors (Lipinski definition) is 3. The third kappa shape index (κ3) is 2.01. The number of carbonyl (C=O) groups excluding carboxylic acids is 1. The average Bonchev–Trinajstić information content (AvgIpc) is 2.28. The topological polar surface area (TPSA) is 49.3 Å². The van der Waals surface area contributed by atoms with Crippen LogP contribution in [0.15, 0.2) is 18.2 Å². The summed E-state index contributed by atoms with van der Waals surface area (Å²) in [5, 5.41) is 8.81. The Bertz CT molecular complexity index is 392. The van der Waals surface area contributed by atoms with Crippen LogP contribution in [-0.2, 0) is 6.42 Å². The summed E-state index contributed by atoms with van der Waals surface area (Å²) in [6.45, 7) is 0. The molecule has 1 unspecified atom stereocenters. The minimum Gasteiger partial charge on any atom is -0.288 e. The first-order valence-corrected chi connectivity index (χ1v) is 5.49. The summed E-state index contributed by atoms with van der Waals surface area (Å²) in [4.78, 5) is 11.2. The number of hydroxylamine groups is 1. The Balaban J connectivity index is 2.37. The zero-order valence-electron chi connectivity index (χ0n) is 8.23. The van der Waals surface area contributed by atoms with Crippen LogP contribution in [0.3, 0.4) is 0 Å². The van der Waals surface area contributed by atoms with E-state index in [1.807, 2.05) is 12.1 Å². The molecule has 0 aliphatic heterocycles. The number of hydrogen-bond acceptors (Lipinski definition) is 3. The van der Waals surface area contributed by atoms with Crippen molar-refractivity contribution < 1.29 is 10.0 Å². The highest BCUT2D eigenvalue weighted by molar-refractivity contribution is 7.80. The highest BCUT2D eigenvalue weighted by Gasteiger charge is 2.18. The summed E-state index contributed by atoms with van der Waals surface area (Å²) in [6, 6.07) is 5.49. The van der Waals surface area contributed by atoms with Crippen molar-refractivity contribution in [2.45, 2.75) is 24.5 Å². The number of thiol groups is 1. The van der Waals surface area contributed by atoms with Gasteiger partial charge in [0, 0.05) is 10.8 Å². The summed E-state index contributed by atoms with van der Waals surface area (Å²) in [5.41, 5.74) is 4.52.